The van der Waals surface area contributed by atoms with E-state index in [1.165, 1.54) is 0 Å². The first kappa shape index (κ1) is 12.8. The lowest BCUT2D eigenvalue weighted by molar-refractivity contribution is -0.120. The second-order valence-electron chi connectivity index (χ2n) is 3.40. The van der Waals surface area contributed by atoms with E-state index >= 15 is 0 Å². The van der Waals surface area contributed by atoms with Gasteiger partial charge in [0, 0.05) is 7.05 Å². The molecule has 0 fully saturated rings. The van der Waals surface area contributed by atoms with Crippen molar-refractivity contribution in [3.05, 3.63) is 29.8 Å². The summed E-state index contributed by atoms with van der Waals surface area (Å²) in [5.74, 6) is 0.531. The smallest absolute Gasteiger partial charge is 0.242 e. The number of hydrogen-bond acceptors (Lipinski definition) is 2. The summed E-state index contributed by atoms with van der Waals surface area (Å²) in [7, 11) is 1.56. The fraction of sp³-hybridized carbons (Fsp3) is 0.417. The Kier molecular flexibility index (Phi) is 5.12. The molecule has 0 bridgehead atoms. The van der Waals surface area contributed by atoms with E-state index in [4.69, 9.17) is 16.3 Å². The molecular weight excluding hydrogens is 226 g/mol. The third-order valence-corrected chi connectivity index (χ3v) is 2.55. The van der Waals surface area contributed by atoms with Gasteiger partial charge < -0.3 is 10.1 Å². The van der Waals surface area contributed by atoms with Gasteiger partial charge in [0.25, 0.3) is 0 Å². The van der Waals surface area contributed by atoms with E-state index in [-0.39, 0.29) is 5.91 Å². The van der Waals surface area contributed by atoms with Crippen molar-refractivity contribution in [1.82, 2.24) is 5.32 Å². The molecule has 0 radical (unpaired) electrons. The third-order valence-electron chi connectivity index (χ3n) is 2.10. The van der Waals surface area contributed by atoms with Gasteiger partial charge in [-0.05, 0) is 24.1 Å². The Morgan fingerprint density at radius 3 is 2.94 bits per heavy atom. The molecule has 0 saturated carbocycles. The lowest BCUT2D eigenvalue weighted by Crippen LogP contribution is -2.22. The highest BCUT2D eigenvalue weighted by Crippen LogP contribution is 2.24. The average molecular weight is 242 g/mol. The first-order valence-corrected chi connectivity index (χ1v) is 5.71. The van der Waals surface area contributed by atoms with Gasteiger partial charge in [-0.2, -0.15) is 0 Å². The van der Waals surface area contributed by atoms with Gasteiger partial charge >= 0.3 is 0 Å². The monoisotopic (exact) mass is 241 g/mol. The second-order valence-corrected chi connectivity index (χ2v) is 3.83. The number of hydrogen-bond donors (Lipinski definition) is 1. The summed E-state index contributed by atoms with van der Waals surface area (Å²) >= 11 is 6.00. The number of ether oxygens (including phenoxy) is 1. The first-order valence-electron chi connectivity index (χ1n) is 5.27. The highest BCUT2D eigenvalue weighted by Gasteiger charge is 2.16. The maximum Gasteiger partial charge on any atom is 0.242 e. The van der Waals surface area contributed by atoms with Crippen molar-refractivity contribution in [2.45, 2.75) is 18.7 Å². The largest absolute Gasteiger partial charge is 0.494 e. The fourth-order valence-corrected chi connectivity index (χ4v) is 1.50. The molecule has 0 heterocycles. The molecule has 3 nitrogen and oxygen atoms in total. The zero-order valence-electron chi connectivity index (χ0n) is 9.50. The van der Waals surface area contributed by atoms with E-state index in [2.05, 4.69) is 5.32 Å². The van der Waals surface area contributed by atoms with Crippen LogP contribution in [0, 0.1) is 0 Å². The number of likely N-dealkylation sites (N-methyl/N-ethyl adjacent to an activating group) is 1. The van der Waals surface area contributed by atoms with Crippen LogP contribution in [0.1, 0.15) is 24.3 Å². The van der Waals surface area contributed by atoms with Crippen LogP contribution in [0.4, 0.5) is 0 Å². The van der Waals surface area contributed by atoms with E-state index < -0.39 is 5.38 Å². The molecule has 0 aliphatic heterocycles. The van der Waals surface area contributed by atoms with Gasteiger partial charge in [0.05, 0.1) is 6.61 Å². The predicted octanol–water partition coefficient (Wildman–Crippen LogP) is 2.50. The number of nitrogens with one attached hydrogen (secondary N) is 1. The molecule has 0 aliphatic carbocycles. The number of benzene rings is 1. The van der Waals surface area contributed by atoms with E-state index in [1.54, 1.807) is 13.1 Å². The number of rotatable bonds is 5. The molecule has 1 unspecified atom stereocenters. The minimum absolute atomic E-state index is 0.214. The van der Waals surface area contributed by atoms with Crippen molar-refractivity contribution in [2.24, 2.45) is 0 Å². The molecule has 1 atom stereocenters. The van der Waals surface area contributed by atoms with Crippen molar-refractivity contribution < 1.29 is 9.53 Å². The molecule has 0 aromatic heterocycles. The summed E-state index contributed by atoms with van der Waals surface area (Å²) in [6, 6.07) is 7.29. The van der Waals surface area contributed by atoms with E-state index in [1.807, 2.05) is 25.1 Å². The van der Waals surface area contributed by atoms with Crippen LogP contribution in [0.3, 0.4) is 0 Å². The van der Waals surface area contributed by atoms with Crippen LogP contribution in [-0.4, -0.2) is 19.6 Å². The average Bonchev–Trinajstić information content (AvgIpc) is 2.34. The van der Waals surface area contributed by atoms with Crippen molar-refractivity contribution in [3.8, 4) is 5.75 Å². The van der Waals surface area contributed by atoms with Crippen molar-refractivity contribution in [1.29, 1.82) is 0 Å². The number of alkyl halides is 1. The number of halogens is 1. The Hall–Kier alpha value is -1.22. The standard InChI is InChI=1S/C12H16ClNO2/c1-3-7-16-10-6-4-5-9(8-10)11(13)12(15)14-2/h4-6,8,11H,3,7H2,1-2H3,(H,14,15). The highest BCUT2D eigenvalue weighted by molar-refractivity contribution is 6.30. The molecule has 1 rings (SSSR count). The Morgan fingerprint density at radius 2 is 2.31 bits per heavy atom. The molecule has 1 amide bonds. The topological polar surface area (TPSA) is 38.3 Å². The van der Waals surface area contributed by atoms with Gasteiger partial charge in [0.2, 0.25) is 5.91 Å². The lowest BCUT2D eigenvalue weighted by Gasteiger charge is -2.10. The summed E-state index contributed by atoms with van der Waals surface area (Å²) in [6.45, 7) is 2.70. The van der Waals surface area contributed by atoms with Crippen molar-refractivity contribution in [2.75, 3.05) is 13.7 Å². The quantitative estimate of drug-likeness (QED) is 0.805. The lowest BCUT2D eigenvalue weighted by atomic mass is 10.1. The van der Waals surface area contributed by atoms with Gasteiger partial charge in [-0.15, -0.1) is 11.6 Å². The van der Waals surface area contributed by atoms with Gasteiger partial charge in [0.15, 0.2) is 0 Å². The van der Waals surface area contributed by atoms with Crippen LogP contribution >= 0.6 is 11.6 Å². The minimum atomic E-state index is -0.671. The zero-order valence-corrected chi connectivity index (χ0v) is 10.3. The van der Waals surface area contributed by atoms with Gasteiger partial charge in [-0.25, -0.2) is 0 Å². The molecule has 0 spiro atoms. The number of amides is 1. The number of carbonyl (C=O) groups is 1. The molecule has 1 N–H and O–H groups in total. The molecular formula is C12H16ClNO2. The molecule has 1 aromatic rings. The van der Waals surface area contributed by atoms with Crippen LogP contribution in [0.5, 0.6) is 5.75 Å². The molecule has 0 saturated heterocycles. The maximum atomic E-state index is 11.4. The molecule has 1 aromatic carbocycles. The summed E-state index contributed by atoms with van der Waals surface area (Å²) in [4.78, 5) is 11.4. The van der Waals surface area contributed by atoms with Crippen molar-refractivity contribution >= 4 is 17.5 Å². The summed E-state index contributed by atoms with van der Waals surface area (Å²) < 4.78 is 5.47. The number of carbonyl (C=O) groups excluding carboxylic acids is 1. The van der Waals surface area contributed by atoms with Gasteiger partial charge in [-0.3, -0.25) is 4.79 Å². The van der Waals surface area contributed by atoms with Crippen LogP contribution in [0.25, 0.3) is 0 Å². The molecule has 0 aliphatic rings. The van der Waals surface area contributed by atoms with Crippen LogP contribution in [-0.2, 0) is 4.79 Å². The third kappa shape index (κ3) is 3.42. The summed E-state index contributed by atoms with van der Waals surface area (Å²) in [5, 5.41) is 1.84. The summed E-state index contributed by atoms with van der Waals surface area (Å²) in [6.07, 6.45) is 0.948. The molecule has 16 heavy (non-hydrogen) atoms. The first-order chi connectivity index (χ1) is 7.69. The van der Waals surface area contributed by atoms with Gasteiger partial charge in [-0.1, -0.05) is 19.1 Å². The minimum Gasteiger partial charge on any atom is -0.494 e. The summed E-state index contributed by atoms with van der Waals surface area (Å²) in [5.41, 5.74) is 0.745. The Bertz CT molecular complexity index is 355. The van der Waals surface area contributed by atoms with E-state index in [0.29, 0.717) is 6.61 Å². The second kappa shape index (κ2) is 6.38. The Morgan fingerprint density at radius 1 is 1.56 bits per heavy atom. The van der Waals surface area contributed by atoms with Crippen LogP contribution in [0.15, 0.2) is 24.3 Å². The van der Waals surface area contributed by atoms with E-state index in [0.717, 1.165) is 17.7 Å². The van der Waals surface area contributed by atoms with E-state index in [9.17, 15) is 4.79 Å². The molecule has 4 heteroatoms. The zero-order chi connectivity index (χ0) is 12.0. The maximum absolute atomic E-state index is 11.4. The fourth-order valence-electron chi connectivity index (χ4n) is 1.26. The van der Waals surface area contributed by atoms with Crippen molar-refractivity contribution in [3.63, 3.8) is 0 Å². The Labute approximate surface area is 101 Å². The predicted molar refractivity (Wildman–Crippen MR) is 64.9 cm³/mol. The van der Waals surface area contributed by atoms with Gasteiger partial charge in [0.1, 0.15) is 11.1 Å². The van der Waals surface area contributed by atoms with Crippen LogP contribution in [0.2, 0.25) is 0 Å². The normalized spacial score (nSPS) is 11.9. The molecule has 88 valence electrons. The highest BCUT2D eigenvalue weighted by atomic mass is 35.5. The Balaban J connectivity index is 2.77. The SMILES string of the molecule is CCCOc1cccc(C(Cl)C(=O)NC)c1. The van der Waals surface area contributed by atoms with Crippen LogP contribution < -0.4 is 10.1 Å².